The maximum Gasteiger partial charge on any atom is 0.416 e. The predicted molar refractivity (Wildman–Crippen MR) is 107 cm³/mol. The lowest BCUT2D eigenvalue weighted by Crippen LogP contribution is -2.23. The molecule has 1 aliphatic heterocycles. The molecular weight excluding hydrogens is 415 g/mol. The van der Waals surface area contributed by atoms with Crippen LogP contribution >= 0.6 is 11.3 Å². The molecule has 30 heavy (non-hydrogen) atoms. The molecule has 1 aromatic carbocycles. The maximum atomic E-state index is 12.7. The zero-order valence-corrected chi connectivity index (χ0v) is 17.0. The molecule has 1 atom stereocenters. The fraction of sp³-hybridized carbons (Fsp3) is 0.350. The summed E-state index contributed by atoms with van der Waals surface area (Å²) < 4.78 is 39.8. The average molecular weight is 435 g/mol. The molecule has 0 spiro atoms. The third-order valence-electron chi connectivity index (χ3n) is 5.06. The molecule has 6 nitrogen and oxygen atoms in total. The van der Waals surface area contributed by atoms with Gasteiger partial charge in [-0.05, 0) is 49.7 Å². The number of aryl methyl sites for hydroxylation is 1. The molecule has 1 saturated heterocycles. The van der Waals surface area contributed by atoms with Crippen LogP contribution in [0.3, 0.4) is 0 Å². The molecule has 1 amide bonds. The minimum absolute atomic E-state index is 0.150. The van der Waals surface area contributed by atoms with E-state index in [0.717, 1.165) is 61.6 Å². The summed E-state index contributed by atoms with van der Waals surface area (Å²) in [5.74, 6) is -0.485. The van der Waals surface area contributed by atoms with Gasteiger partial charge in [-0.2, -0.15) is 18.3 Å². The number of thiazole rings is 1. The summed E-state index contributed by atoms with van der Waals surface area (Å²) in [4.78, 5) is 19.2. The number of hydrogen-bond acceptors (Lipinski definition) is 5. The van der Waals surface area contributed by atoms with Crippen LogP contribution in [-0.2, 0) is 19.8 Å². The number of anilines is 1. The lowest BCUT2D eigenvalue weighted by molar-refractivity contribution is -0.137. The van der Waals surface area contributed by atoms with Gasteiger partial charge in [0, 0.05) is 30.7 Å². The van der Waals surface area contributed by atoms with Crippen molar-refractivity contribution in [3.8, 4) is 0 Å². The molecule has 10 heteroatoms. The molecule has 0 saturated carbocycles. The predicted octanol–water partition coefficient (Wildman–Crippen LogP) is 4.48. The Morgan fingerprint density at radius 1 is 1.27 bits per heavy atom. The van der Waals surface area contributed by atoms with Gasteiger partial charge in [0.05, 0.1) is 23.0 Å². The molecule has 0 radical (unpaired) electrons. The molecule has 1 fully saturated rings. The van der Waals surface area contributed by atoms with E-state index in [1.807, 2.05) is 24.7 Å². The Labute approximate surface area is 175 Å². The van der Waals surface area contributed by atoms with Gasteiger partial charge >= 0.3 is 6.18 Å². The summed E-state index contributed by atoms with van der Waals surface area (Å²) in [6.45, 7) is 1.68. The smallest absolute Gasteiger partial charge is 0.298 e. The molecule has 0 bridgehead atoms. The van der Waals surface area contributed by atoms with Crippen LogP contribution < -0.4 is 5.32 Å². The number of rotatable bonds is 5. The molecule has 0 unspecified atom stereocenters. The van der Waals surface area contributed by atoms with E-state index < -0.39 is 17.6 Å². The van der Waals surface area contributed by atoms with Crippen LogP contribution in [0.4, 0.5) is 18.3 Å². The monoisotopic (exact) mass is 435 g/mol. The van der Waals surface area contributed by atoms with Gasteiger partial charge in [0.25, 0.3) is 5.91 Å². The molecule has 1 aliphatic rings. The number of aromatic nitrogens is 3. The van der Waals surface area contributed by atoms with Crippen LogP contribution in [0, 0.1) is 0 Å². The summed E-state index contributed by atoms with van der Waals surface area (Å²) in [6, 6.07) is 6.27. The van der Waals surface area contributed by atoms with Crippen LogP contribution in [0.25, 0.3) is 0 Å². The van der Waals surface area contributed by atoms with E-state index in [1.54, 1.807) is 4.68 Å². The van der Waals surface area contributed by atoms with Crippen molar-refractivity contribution in [3.63, 3.8) is 0 Å². The van der Waals surface area contributed by atoms with E-state index in [2.05, 4.69) is 20.3 Å². The Kier molecular flexibility index (Phi) is 5.61. The van der Waals surface area contributed by atoms with Crippen LogP contribution in [-0.4, -0.2) is 32.1 Å². The number of carbonyl (C=O) groups excluding carboxylic acids is 1. The van der Waals surface area contributed by atoms with Crippen molar-refractivity contribution in [2.24, 2.45) is 7.05 Å². The number of halogens is 3. The maximum absolute atomic E-state index is 12.7. The zero-order chi connectivity index (χ0) is 21.3. The Morgan fingerprint density at radius 2 is 2.03 bits per heavy atom. The highest BCUT2D eigenvalue weighted by molar-refractivity contribution is 7.14. The topological polar surface area (TPSA) is 63.0 Å². The normalized spacial score (nSPS) is 17.4. The molecule has 0 aliphatic carbocycles. The van der Waals surface area contributed by atoms with Gasteiger partial charge in [-0.25, -0.2) is 4.98 Å². The van der Waals surface area contributed by atoms with Crippen molar-refractivity contribution in [1.29, 1.82) is 0 Å². The van der Waals surface area contributed by atoms with Crippen LogP contribution in [0.2, 0.25) is 0 Å². The second-order valence-electron chi connectivity index (χ2n) is 7.22. The molecule has 4 rings (SSSR count). The van der Waals surface area contributed by atoms with Crippen molar-refractivity contribution in [2.75, 3.05) is 11.9 Å². The SMILES string of the molecule is Cn1ccc(CN2CCC[C@@H]2c2csc(NC(=O)c3ccc(C(F)(F)F)cc3)n2)n1. The fourth-order valence-electron chi connectivity index (χ4n) is 3.58. The highest BCUT2D eigenvalue weighted by Gasteiger charge is 2.31. The second kappa shape index (κ2) is 8.19. The summed E-state index contributed by atoms with van der Waals surface area (Å²) in [5, 5.41) is 9.46. The third kappa shape index (κ3) is 4.54. The highest BCUT2D eigenvalue weighted by Crippen LogP contribution is 2.34. The van der Waals surface area contributed by atoms with Crippen molar-refractivity contribution in [2.45, 2.75) is 31.6 Å². The minimum Gasteiger partial charge on any atom is -0.298 e. The Bertz CT molecular complexity index is 1030. The number of hydrogen-bond donors (Lipinski definition) is 1. The van der Waals surface area contributed by atoms with E-state index in [1.165, 1.54) is 11.3 Å². The second-order valence-corrected chi connectivity index (χ2v) is 8.07. The van der Waals surface area contributed by atoms with E-state index >= 15 is 0 Å². The number of alkyl halides is 3. The summed E-state index contributed by atoms with van der Waals surface area (Å²) in [7, 11) is 1.89. The standard InChI is InChI=1S/C20H20F3N5OS/c1-27-10-8-15(26-27)11-28-9-2-3-17(28)16-12-30-19(24-16)25-18(29)13-4-6-14(7-5-13)20(21,22)23/h4-8,10,12,17H,2-3,9,11H2,1H3,(H,24,25,29)/t17-/m1/s1. The van der Waals surface area contributed by atoms with Crippen molar-refractivity contribution in [3.05, 3.63) is 64.4 Å². The van der Waals surface area contributed by atoms with Gasteiger partial charge in [0.15, 0.2) is 5.13 Å². The van der Waals surface area contributed by atoms with Crippen LogP contribution in [0.15, 0.2) is 41.9 Å². The van der Waals surface area contributed by atoms with E-state index in [-0.39, 0.29) is 11.6 Å². The Hall–Kier alpha value is -2.72. The van der Waals surface area contributed by atoms with Crippen molar-refractivity contribution in [1.82, 2.24) is 19.7 Å². The molecule has 2 aromatic heterocycles. The molecular formula is C20H20F3N5OS. The van der Waals surface area contributed by atoms with Crippen molar-refractivity contribution >= 4 is 22.4 Å². The van der Waals surface area contributed by atoms with Gasteiger partial charge in [-0.3, -0.25) is 19.7 Å². The largest absolute Gasteiger partial charge is 0.416 e. The van der Waals surface area contributed by atoms with Gasteiger partial charge in [-0.1, -0.05) is 0 Å². The number of nitrogens with one attached hydrogen (secondary N) is 1. The Balaban J connectivity index is 1.41. The van der Waals surface area contributed by atoms with E-state index in [4.69, 9.17) is 0 Å². The summed E-state index contributed by atoms with van der Waals surface area (Å²) in [6.07, 6.45) is -0.481. The number of likely N-dealkylation sites (tertiary alicyclic amines) is 1. The van der Waals surface area contributed by atoms with Gasteiger partial charge in [0.2, 0.25) is 0 Å². The number of nitrogens with zero attached hydrogens (tertiary/aromatic N) is 4. The first-order valence-corrected chi connectivity index (χ1v) is 10.3. The molecule has 3 heterocycles. The van der Waals surface area contributed by atoms with Crippen molar-refractivity contribution < 1.29 is 18.0 Å². The quantitative estimate of drug-likeness (QED) is 0.642. The van der Waals surface area contributed by atoms with Gasteiger partial charge in [-0.15, -0.1) is 11.3 Å². The lowest BCUT2D eigenvalue weighted by Gasteiger charge is -2.21. The lowest BCUT2D eigenvalue weighted by atomic mass is 10.1. The minimum atomic E-state index is -4.43. The molecule has 1 N–H and O–H groups in total. The number of benzene rings is 1. The Morgan fingerprint density at radius 3 is 2.70 bits per heavy atom. The highest BCUT2D eigenvalue weighted by atomic mass is 32.1. The average Bonchev–Trinajstić information content (AvgIpc) is 3.43. The fourth-order valence-corrected chi connectivity index (χ4v) is 4.33. The summed E-state index contributed by atoms with van der Waals surface area (Å²) >= 11 is 1.31. The van der Waals surface area contributed by atoms with E-state index in [0.29, 0.717) is 5.13 Å². The number of carbonyl (C=O) groups is 1. The van der Waals surface area contributed by atoms with Gasteiger partial charge in [0.1, 0.15) is 0 Å². The summed E-state index contributed by atoms with van der Waals surface area (Å²) in [5.41, 5.74) is 1.24. The third-order valence-corrected chi connectivity index (χ3v) is 5.83. The van der Waals surface area contributed by atoms with Gasteiger partial charge < -0.3 is 0 Å². The first-order chi connectivity index (χ1) is 14.3. The first kappa shape index (κ1) is 20.5. The first-order valence-electron chi connectivity index (χ1n) is 9.46. The molecule has 3 aromatic rings. The number of amides is 1. The zero-order valence-electron chi connectivity index (χ0n) is 16.2. The van der Waals surface area contributed by atoms with E-state index in [9.17, 15) is 18.0 Å². The molecule has 158 valence electrons. The van der Waals surface area contributed by atoms with Crippen LogP contribution in [0.1, 0.15) is 46.2 Å². The van der Waals surface area contributed by atoms with Crippen LogP contribution in [0.5, 0.6) is 0 Å².